The van der Waals surface area contributed by atoms with Crippen LogP contribution in [-0.4, -0.2) is 50.2 Å². The van der Waals surface area contributed by atoms with Crippen molar-refractivity contribution in [2.45, 2.75) is 25.7 Å². The Hall–Kier alpha value is -2.66. The summed E-state index contributed by atoms with van der Waals surface area (Å²) in [5, 5.41) is 0. The fraction of sp³-hybridized carbons (Fsp3) is 0.391. The lowest BCUT2D eigenvalue weighted by Crippen LogP contribution is -2.38. The molecule has 0 saturated carbocycles. The van der Waals surface area contributed by atoms with E-state index in [1.165, 1.54) is 0 Å². The number of hydrogen-bond acceptors (Lipinski definition) is 4. The third-order valence-corrected chi connectivity index (χ3v) is 4.49. The van der Waals surface area contributed by atoms with Gasteiger partial charge in [-0.25, -0.2) is 0 Å². The zero-order chi connectivity index (χ0) is 20.2. The maximum Gasteiger partial charge on any atom is 0.307 e. The van der Waals surface area contributed by atoms with E-state index in [2.05, 4.69) is 0 Å². The van der Waals surface area contributed by atoms with Crippen molar-refractivity contribution in [1.29, 1.82) is 0 Å². The van der Waals surface area contributed by atoms with E-state index in [-0.39, 0.29) is 18.3 Å². The van der Waals surface area contributed by atoms with E-state index >= 15 is 0 Å². The third kappa shape index (κ3) is 6.50. The summed E-state index contributed by atoms with van der Waals surface area (Å²) in [5.74, 6) is -0.715. The van der Waals surface area contributed by atoms with Crippen LogP contribution >= 0.6 is 0 Å². The monoisotopic (exact) mass is 383 g/mol. The molecular formula is C23H29NO4. The summed E-state index contributed by atoms with van der Waals surface area (Å²) in [6.45, 7) is 3.54. The summed E-state index contributed by atoms with van der Waals surface area (Å²) in [7, 11) is 1.64. The Morgan fingerprint density at radius 1 is 0.929 bits per heavy atom. The van der Waals surface area contributed by atoms with E-state index in [0.717, 1.165) is 11.1 Å². The number of amides is 1. The minimum absolute atomic E-state index is 0.0159. The molecule has 150 valence electrons. The summed E-state index contributed by atoms with van der Waals surface area (Å²) >= 11 is 0. The van der Waals surface area contributed by atoms with Gasteiger partial charge in [0.1, 0.15) is 0 Å². The Bertz CT molecular complexity index is 678. The number of rotatable bonds is 11. The molecule has 0 spiro atoms. The second-order valence-corrected chi connectivity index (χ2v) is 6.48. The van der Waals surface area contributed by atoms with Gasteiger partial charge in [-0.3, -0.25) is 9.59 Å². The SMILES string of the molecule is CCOC(=O)CCN(CCCOC)C(=O)C(c1ccccc1)c1ccccc1. The van der Waals surface area contributed by atoms with Crippen LogP contribution in [0.3, 0.4) is 0 Å². The quantitative estimate of drug-likeness (QED) is 0.439. The molecule has 2 aromatic rings. The van der Waals surface area contributed by atoms with Crippen molar-refractivity contribution < 1.29 is 19.1 Å². The Morgan fingerprint density at radius 3 is 2.00 bits per heavy atom. The molecule has 5 nitrogen and oxygen atoms in total. The predicted octanol–water partition coefficient (Wildman–Crippen LogP) is 3.64. The van der Waals surface area contributed by atoms with E-state index < -0.39 is 5.92 Å². The molecule has 0 N–H and O–H groups in total. The lowest BCUT2D eigenvalue weighted by molar-refractivity contribution is -0.144. The van der Waals surface area contributed by atoms with Crippen LogP contribution in [-0.2, 0) is 19.1 Å². The first-order chi connectivity index (χ1) is 13.7. The number of esters is 1. The number of hydrogen-bond donors (Lipinski definition) is 0. The van der Waals surface area contributed by atoms with Crippen LogP contribution in [0.4, 0.5) is 0 Å². The van der Waals surface area contributed by atoms with Gasteiger partial charge in [0.25, 0.3) is 0 Å². The van der Waals surface area contributed by atoms with Gasteiger partial charge in [0.15, 0.2) is 0 Å². The first kappa shape index (κ1) is 21.6. The Labute approximate surface area is 167 Å². The van der Waals surface area contributed by atoms with Crippen LogP contribution in [0.1, 0.15) is 36.8 Å². The van der Waals surface area contributed by atoms with Crippen molar-refractivity contribution in [2.75, 3.05) is 33.4 Å². The summed E-state index contributed by atoms with van der Waals surface area (Å²) in [4.78, 5) is 27.1. The molecule has 5 heteroatoms. The molecular weight excluding hydrogens is 354 g/mol. The van der Waals surface area contributed by atoms with Gasteiger partial charge >= 0.3 is 5.97 Å². The number of nitrogens with zero attached hydrogens (tertiary/aromatic N) is 1. The third-order valence-electron chi connectivity index (χ3n) is 4.49. The molecule has 0 atom stereocenters. The molecule has 0 unspecified atom stereocenters. The van der Waals surface area contributed by atoms with Gasteiger partial charge in [-0.05, 0) is 24.5 Å². The molecule has 0 bridgehead atoms. The Kier molecular flexibility index (Phi) is 9.22. The molecule has 0 aliphatic carbocycles. The Balaban J connectivity index is 2.26. The summed E-state index contributed by atoms with van der Waals surface area (Å²) < 4.78 is 10.2. The molecule has 2 aromatic carbocycles. The minimum atomic E-state index is -0.410. The highest BCUT2D eigenvalue weighted by Crippen LogP contribution is 2.27. The second kappa shape index (κ2) is 11.9. The average molecular weight is 383 g/mol. The first-order valence-corrected chi connectivity index (χ1v) is 9.70. The Morgan fingerprint density at radius 2 is 1.50 bits per heavy atom. The lowest BCUT2D eigenvalue weighted by atomic mass is 9.90. The van der Waals surface area contributed by atoms with Crippen molar-refractivity contribution in [3.63, 3.8) is 0 Å². The van der Waals surface area contributed by atoms with E-state index in [1.54, 1.807) is 18.9 Å². The molecule has 0 fully saturated rings. The topological polar surface area (TPSA) is 55.8 Å². The van der Waals surface area contributed by atoms with E-state index in [9.17, 15) is 9.59 Å². The van der Waals surface area contributed by atoms with Gasteiger partial charge in [0, 0.05) is 26.8 Å². The van der Waals surface area contributed by atoms with Gasteiger partial charge in [-0.1, -0.05) is 60.7 Å². The minimum Gasteiger partial charge on any atom is -0.466 e. The second-order valence-electron chi connectivity index (χ2n) is 6.48. The molecule has 0 heterocycles. The van der Waals surface area contributed by atoms with Crippen LogP contribution in [0, 0.1) is 0 Å². The van der Waals surface area contributed by atoms with Crippen molar-refractivity contribution in [3.05, 3.63) is 71.8 Å². The van der Waals surface area contributed by atoms with Crippen LogP contribution in [0.25, 0.3) is 0 Å². The van der Waals surface area contributed by atoms with Crippen LogP contribution in [0.15, 0.2) is 60.7 Å². The highest BCUT2D eigenvalue weighted by atomic mass is 16.5. The summed E-state index contributed by atoms with van der Waals surface area (Å²) in [5.41, 5.74) is 1.87. The van der Waals surface area contributed by atoms with Gasteiger partial charge in [0.05, 0.1) is 18.9 Å². The molecule has 0 aliphatic rings. The van der Waals surface area contributed by atoms with E-state index in [1.807, 2.05) is 60.7 Å². The van der Waals surface area contributed by atoms with Crippen LogP contribution in [0.2, 0.25) is 0 Å². The van der Waals surface area contributed by atoms with Crippen molar-refractivity contribution in [1.82, 2.24) is 4.90 Å². The van der Waals surface area contributed by atoms with Gasteiger partial charge < -0.3 is 14.4 Å². The van der Waals surface area contributed by atoms with E-state index in [4.69, 9.17) is 9.47 Å². The summed E-state index contributed by atoms with van der Waals surface area (Å²) in [6, 6.07) is 19.5. The van der Waals surface area contributed by atoms with Crippen LogP contribution in [0.5, 0.6) is 0 Å². The highest BCUT2D eigenvalue weighted by molar-refractivity contribution is 5.87. The molecule has 1 amide bonds. The molecule has 0 aromatic heterocycles. The zero-order valence-corrected chi connectivity index (χ0v) is 16.7. The van der Waals surface area contributed by atoms with Crippen molar-refractivity contribution >= 4 is 11.9 Å². The van der Waals surface area contributed by atoms with E-state index in [0.29, 0.717) is 32.7 Å². The predicted molar refractivity (Wildman–Crippen MR) is 109 cm³/mol. The smallest absolute Gasteiger partial charge is 0.307 e. The largest absolute Gasteiger partial charge is 0.466 e. The number of carbonyl (C=O) groups is 2. The fourth-order valence-electron chi connectivity index (χ4n) is 3.14. The first-order valence-electron chi connectivity index (χ1n) is 9.70. The lowest BCUT2D eigenvalue weighted by Gasteiger charge is -2.28. The van der Waals surface area contributed by atoms with Crippen molar-refractivity contribution in [3.8, 4) is 0 Å². The number of methoxy groups -OCH3 is 1. The van der Waals surface area contributed by atoms with Gasteiger partial charge in [-0.2, -0.15) is 0 Å². The van der Waals surface area contributed by atoms with Crippen molar-refractivity contribution in [2.24, 2.45) is 0 Å². The standard InChI is InChI=1S/C23H29NO4/c1-3-28-21(25)15-17-24(16-10-18-27-2)23(26)22(19-11-6-4-7-12-19)20-13-8-5-9-14-20/h4-9,11-14,22H,3,10,15-18H2,1-2H3. The summed E-state index contributed by atoms with van der Waals surface area (Å²) in [6.07, 6.45) is 0.893. The van der Waals surface area contributed by atoms with Gasteiger partial charge in [-0.15, -0.1) is 0 Å². The maximum atomic E-state index is 13.5. The van der Waals surface area contributed by atoms with Gasteiger partial charge in [0.2, 0.25) is 5.91 Å². The number of carbonyl (C=O) groups excluding carboxylic acids is 2. The molecule has 0 aliphatic heterocycles. The normalized spacial score (nSPS) is 10.7. The zero-order valence-electron chi connectivity index (χ0n) is 16.7. The number of ether oxygens (including phenoxy) is 2. The highest BCUT2D eigenvalue weighted by Gasteiger charge is 2.27. The molecule has 0 saturated heterocycles. The fourth-order valence-corrected chi connectivity index (χ4v) is 3.14. The molecule has 2 rings (SSSR count). The van der Waals surface area contributed by atoms with Crippen LogP contribution < -0.4 is 0 Å². The number of benzene rings is 2. The molecule has 28 heavy (non-hydrogen) atoms. The maximum absolute atomic E-state index is 13.5. The average Bonchev–Trinajstić information content (AvgIpc) is 2.72. The molecule has 0 radical (unpaired) electrons.